The molecule has 5 heteroatoms. The van der Waals surface area contributed by atoms with Crippen LogP contribution < -0.4 is 5.48 Å². The molecule has 5 saturated carbocycles. The first-order chi connectivity index (χ1) is 18.7. The molecule has 0 heterocycles. The molecule has 0 unspecified atom stereocenters. The number of ether oxygens (including phenoxy) is 1. The van der Waals surface area contributed by atoms with E-state index in [0.717, 1.165) is 38.5 Å². The molecule has 5 fully saturated rings. The fourth-order valence-corrected chi connectivity index (χ4v) is 12.2. The molecule has 0 spiro atoms. The normalized spacial score (nSPS) is 47.1. The van der Waals surface area contributed by atoms with Crippen molar-refractivity contribution in [3.8, 4) is 0 Å². The van der Waals surface area contributed by atoms with Crippen LogP contribution in [0, 0.1) is 56.7 Å². The van der Waals surface area contributed by atoms with E-state index in [0.29, 0.717) is 36.2 Å². The third-order valence-electron chi connectivity index (χ3n) is 14.1. The summed E-state index contributed by atoms with van der Waals surface area (Å²) in [6.07, 6.45) is 12.6. The van der Waals surface area contributed by atoms with Crippen LogP contribution in [0.4, 0.5) is 0 Å². The highest BCUT2D eigenvalue weighted by molar-refractivity contribution is 5.83. The lowest BCUT2D eigenvalue weighted by molar-refractivity contribution is -0.249. The van der Waals surface area contributed by atoms with E-state index < -0.39 is 0 Å². The number of amides is 1. The van der Waals surface area contributed by atoms with E-state index in [1.807, 2.05) is 0 Å². The highest BCUT2D eigenvalue weighted by Gasteiger charge is 2.72. The van der Waals surface area contributed by atoms with E-state index in [9.17, 15) is 9.59 Å². The average molecular weight is 554 g/mol. The van der Waals surface area contributed by atoms with Gasteiger partial charge in [0.25, 0.3) is 0 Å². The van der Waals surface area contributed by atoms with Gasteiger partial charge >= 0.3 is 5.97 Å². The fraction of sp³-hybridized carbons (Fsp3) is 0.829. The minimum absolute atomic E-state index is 0.00582. The van der Waals surface area contributed by atoms with Crippen molar-refractivity contribution in [2.75, 3.05) is 6.61 Å². The van der Waals surface area contributed by atoms with Gasteiger partial charge in [0.1, 0.15) is 6.10 Å². The number of esters is 1. The van der Waals surface area contributed by atoms with Crippen LogP contribution in [-0.4, -0.2) is 24.6 Å². The Balaban J connectivity index is 1.49. The maximum atomic E-state index is 13.9. The van der Waals surface area contributed by atoms with Crippen molar-refractivity contribution in [2.24, 2.45) is 56.7 Å². The Morgan fingerprint density at radius 3 is 2.25 bits per heavy atom. The number of carbonyl (C=O) groups excluding carboxylic acids is 2. The first-order valence-corrected chi connectivity index (χ1v) is 16.0. The van der Waals surface area contributed by atoms with E-state index >= 15 is 0 Å². The van der Waals surface area contributed by atoms with Crippen molar-refractivity contribution in [1.29, 1.82) is 0 Å². The number of allylic oxidation sites excluding steroid dienone is 1. The number of hydroxylamine groups is 1. The first kappa shape index (κ1) is 29.9. The lowest BCUT2D eigenvalue weighted by atomic mass is 9.32. The Hall–Kier alpha value is -1.62. The smallest absolute Gasteiger partial charge is 0.302 e. The second kappa shape index (κ2) is 9.99. The predicted molar refractivity (Wildman–Crippen MR) is 159 cm³/mol. The Labute approximate surface area is 243 Å². The molecule has 40 heavy (non-hydrogen) atoms. The molecule has 0 aromatic rings. The Kier molecular flexibility index (Phi) is 7.46. The molecular formula is C35H55NO4. The molecule has 0 aliphatic heterocycles. The largest absolute Gasteiger partial charge is 0.462 e. The van der Waals surface area contributed by atoms with Crippen LogP contribution in [0.3, 0.4) is 0 Å². The molecular weight excluding hydrogens is 498 g/mol. The van der Waals surface area contributed by atoms with Crippen LogP contribution >= 0.6 is 0 Å². The number of fused-ring (bicyclic) bond motifs is 7. The number of rotatable bonds is 6. The molecule has 0 bridgehead atoms. The molecule has 5 aliphatic rings. The summed E-state index contributed by atoms with van der Waals surface area (Å²) in [6, 6.07) is 0. The Morgan fingerprint density at radius 1 is 0.875 bits per heavy atom. The zero-order valence-corrected chi connectivity index (χ0v) is 26.4. The summed E-state index contributed by atoms with van der Waals surface area (Å²) >= 11 is 0. The molecule has 5 aliphatic carbocycles. The van der Waals surface area contributed by atoms with Gasteiger partial charge in [-0.1, -0.05) is 52.8 Å². The Morgan fingerprint density at radius 2 is 1.60 bits per heavy atom. The van der Waals surface area contributed by atoms with E-state index in [-0.39, 0.29) is 45.1 Å². The van der Waals surface area contributed by atoms with Gasteiger partial charge < -0.3 is 4.74 Å². The number of hydrogen-bond acceptors (Lipinski definition) is 4. The van der Waals surface area contributed by atoms with Crippen molar-refractivity contribution < 1.29 is 19.2 Å². The van der Waals surface area contributed by atoms with Crippen molar-refractivity contribution in [2.45, 2.75) is 119 Å². The second-order valence-electron chi connectivity index (χ2n) is 15.8. The second-order valence-corrected chi connectivity index (χ2v) is 15.8. The Bertz CT molecular complexity index is 1070. The molecule has 0 aromatic heterocycles. The van der Waals surface area contributed by atoms with E-state index in [1.165, 1.54) is 31.3 Å². The molecule has 1 amide bonds. The summed E-state index contributed by atoms with van der Waals surface area (Å²) in [4.78, 5) is 31.3. The summed E-state index contributed by atoms with van der Waals surface area (Å²) in [5.74, 6) is 2.32. The standard InChI is InChI=1S/C35H55NO4/c1-10-21-39-36-30(38)35-18-13-24(22(2)3)29(35)25-11-12-27-32(7)16-15-28(40-23(4)37)31(5,6)26(32)14-17-34(27,9)33(25,8)19-20-35/h10,24-29H,1-2,11-21H2,3-9H3,(H,36,38)/t24-,25+,26-,27+,28-,29+,32-,33+,34+,35-/m0/s1. The van der Waals surface area contributed by atoms with Crippen molar-refractivity contribution in [3.63, 3.8) is 0 Å². The summed E-state index contributed by atoms with van der Waals surface area (Å²) in [5, 5.41) is 0. The predicted octanol–water partition coefficient (Wildman–Crippen LogP) is 7.81. The number of carbonyl (C=O) groups is 2. The third-order valence-corrected chi connectivity index (χ3v) is 14.1. The van der Waals surface area contributed by atoms with E-state index in [1.54, 1.807) is 13.0 Å². The number of nitrogens with one attached hydrogen (secondary N) is 1. The summed E-state index contributed by atoms with van der Waals surface area (Å²) in [6.45, 7) is 24.8. The van der Waals surface area contributed by atoms with Gasteiger partial charge in [-0.15, -0.1) is 6.58 Å². The third kappa shape index (κ3) is 4.02. The zero-order chi connectivity index (χ0) is 29.3. The highest BCUT2D eigenvalue weighted by Crippen LogP contribution is 2.77. The monoisotopic (exact) mass is 553 g/mol. The molecule has 1 N–H and O–H groups in total. The van der Waals surface area contributed by atoms with Gasteiger partial charge in [0.15, 0.2) is 0 Å². The molecule has 0 radical (unpaired) electrons. The van der Waals surface area contributed by atoms with Gasteiger partial charge in [0, 0.05) is 12.3 Å². The van der Waals surface area contributed by atoms with Crippen LogP contribution in [-0.2, 0) is 19.2 Å². The van der Waals surface area contributed by atoms with Gasteiger partial charge in [-0.05, 0) is 117 Å². The summed E-state index contributed by atoms with van der Waals surface area (Å²) in [7, 11) is 0. The van der Waals surface area contributed by atoms with Gasteiger partial charge in [0.2, 0.25) is 5.91 Å². The van der Waals surface area contributed by atoms with E-state index in [2.05, 4.69) is 60.2 Å². The zero-order valence-electron chi connectivity index (χ0n) is 26.4. The maximum absolute atomic E-state index is 13.9. The first-order valence-electron chi connectivity index (χ1n) is 16.0. The van der Waals surface area contributed by atoms with Crippen LogP contribution in [0.2, 0.25) is 0 Å². The van der Waals surface area contributed by atoms with Gasteiger partial charge in [-0.25, -0.2) is 5.48 Å². The molecule has 224 valence electrons. The van der Waals surface area contributed by atoms with Crippen LogP contribution in [0.25, 0.3) is 0 Å². The molecule has 0 aromatic carbocycles. The SMILES string of the molecule is C=CCONC(=O)[C@]12CC[C@@H](C(=C)C)[C@@H]1[C@H]1CC[C@@H]3[C@@]4(C)CC[C@H](OC(C)=O)C(C)(C)[C@@H]4CC[C@@]3(C)[C@]1(C)CC2. The average Bonchev–Trinajstić information content (AvgIpc) is 3.27. The minimum atomic E-state index is -0.372. The minimum Gasteiger partial charge on any atom is -0.462 e. The van der Waals surface area contributed by atoms with Crippen LogP contribution in [0.1, 0.15) is 113 Å². The molecule has 10 atom stereocenters. The van der Waals surface area contributed by atoms with Crippen molar-refractivity contribution in [1.82, 2.24) is 5.48 Å². The lowest BCUT2D eigenvalue weighted by Crippen LogP contribution is -2.67. The van der Waals surface area contributed by atoms with Gasteiger partial charge in [0.05, 0.1) is 12.0 Å². The summed E-state index contributed by atoms with van der Waals surface area (Å²) in [5.41, 5.74) is 4.31. The molecule has 5 rings (SSSR count). The quantitative estimate of drug-likeness (QED) is 0.158. The number of hydrogen-bond donors (Lipinski definition) is 1. The van der Waals surface area contributed by atoms with Gasteiger partial charge in [-0.2, -0.15) is 0 Å². The molecule has 0 saturated heterocycles. The lowest BCUT2D eigenvalue weighted by Gasteiger charge is -2.72. The van der Waals surface area contributed by atoms with Crippen molar-refractivity contribution >= 4 is 11.9 Å². The summed E-state index contributed by atoms with van der Waals surface area (Å²) < 4.78 is 5.92. The van der Waals surface area contributed by atoms with Crippen LogP contribution in [0.15, 0.2) is 24.8 Å². The highest BCUT2D eigenvalue weighted by atomic mass is 16.6. The van der Waals surface area contributed by atoms with Crippen molar-refractivity contribution in [3.05, 3.63) is 24.8 Å². The fourth-order valence-electron chi connectivity index (χ4n) is 12.2. The van der Waals surface area contributed by atoms with E-state index in [4.69, 9.17) is 9.57 Å². The van der Waals surface area contributed by atoms with Gasteiger partial charge in [-0.3, -0.25) is 14.4 Å². The van der Waals surface area contributed by atoms with Crippen LogP contribution in [0.5, 0.6) is 0 Å². The topological polar surface area (TPSA) is 64.6 Å². The molecule has 5 nitrogen and oxygen atoms in total. The maximum Gasteiger partial charge on any atom is 0.302 e.